The minimum Gasteiger partial charge on any atom is -0.338 e. The molecular weight excluding hydrogens is 441 g/mol. The van der Waals surface area contributed by atoms with E-state index in [1.807, 2.05) is 24.3 Å². The molecule has 2 N–H and O–H groups in total. The molecule has 4 fully saturated rings. The third-order valence-corrected chi connectivity index (χ3v) is 8.65. The highest BCUT2D eigenvalue weighted by atomic mass is 35.5. The highest BCUT2D eigenvalue weighted by Crippen LogP contribution is 2.44. The molecule has 180 valence electrons. The Morgan fingerprint density at radius 3 is 2.31 bits per heavy atom. The Balaban J connectivity index is 0.00000144. The number of piperidine rings is 3. The number of rotatable bonds is 4. The van der Waals surface area contributed by atoms with Gasteiger partial charge in [0.25, 0.3) is 5.91 Å². The first kappa shape index (κ1) is 25.8. The number of hydrogen-bond donors (Lipinski definition) is 1. The smallest absolute Gasteiger partial charge is 0.253 e. The van der Waals surface area contributed by atoms with E-state index in [4.69, 9.17) is 5.73 Å². The maximum absolute atomic E-state index is 13.4. The van der Waals surface area contributed by atoms with Crippen LogP contribution >= 0.6 is 24.8 Å². The molecule has 1 saturated carbocycles. The Morgan fingerprint density at radius 1 is 0.906 bits per heavy atom. The van der Waals surface area contributed by atoms with E-state index in [-0.39, 0.29) is 30.7 Å². The summed E-state index contributed by atoms with van der Waals surface area (Å²) in [5, 5.41) is 0. The number of fused-ring (bicyclic) bond motifs is 4. The highest BCUT2D eigenvalue weighted by molar-refractivity contribution is 5.94. The molecule has 4 nitrogen and oxygen atoms in total. The molecule has 0 radical (unpaired) electrons. The Labute approximate surface area is 206 Å². The van der Waals surface area contributed by atoms with Crippen LogP contribution in [0.15, 0.2) is 24.3 Å². The second-order valence-corrected chi connectivity index (χ2v) is 10.5. The molecule has 3 heterocycles. The summed E-state index contributed by atoms with van der Waals surface area (Å²) in [6.45, 7) is 3.73. The van der Waals surface area contributed by atoms with Gasteiger partial charge in [-0.2, -0.15) is 0 Å². The second kappa shape index (κ2) is 11.6. The van der Waals surface area contributed by atoms with Gasteiger partial charge in [0.2, 0.25) is 0 Å². The van der Waals surface area contributed by atoms with Gasteiger partial charge in [0.05, 0.1) is 0 Å². The molecule has 1 aliphatic carbocycles. The van der Waals surface area contributed by atoms with Crippen molar-refractivity contribution in [2.75, 3.05) is 19.6 Å². The summed E-state index contributed by atoms with van der Waals surface area (Å²) >= 11 is 0. The third-order valence-electron chi connectivity index (χ3n) is 8.65. The minimum atomic E-state index is 0. The standard InChI is InChI=1S/C26H39N3O.2ClH/c27-16-20-9-11-21(12-10-20)26(30)28-17-22-15-23(18-28)25(14-19-6-2-1-3-7-19)29-13-5-4-8-24(22)29;;/h9-12,19,22-25H,1-8,13-18,27H2;2*1H/t22-,23+,24+,25+;;/m1../s1. The summed E-state index contributed by atoms with van der Waals surface area (Å²) in [5.74, 6) is 2.47. The first-order valence-electron chi connectivity index (χ1n) is 12.6. The normalized spacial score (nSPS) is 30.6. The lowest BCUT2D eigenvalue weighted by atomic mass is 9.69. The van der Waals surface area contributed by atoms with Crippen molar-refractivity contribution in [1.82, 2.24) is 9.80 Å². The highest BCUT2D eigenvalue weighted by Gasteiger charge is 2.48. The number of carbonyl (C=O) groups excluding carboxylic acids is 1. The van der Waals surface area contributed by atoms with E-state index in [1.54, 1.807) is 0 Å². The maximum Gasteiger partial charge on any atom is 0.253 e. The van der Waals surface area contributed by atoms with Gasteiger partial charge in [-0.3, -0.25) is 9.69 Å². The number of halogens is 2. The van der Waals surface area contributed by atoms with Crippen LogP contribution in [0.1, 0.15) is 80.1 Å². The molecule has 5 rings (SSSR count). The van der Waals surface area contributed by atoms with Crippen molar-refractivity contribution in [1.29, 1.82) is 0 Å². The fraction of sp³-hybridized carbons (Fsp3) is 0.731. The molecule has 0 aromatic heterocycles. The van der Waals surface area contributed by atoms with E-state index in [0.717, 1.165) is 30.1 Å². The lowest BCUT2D eigenvalue weighted by Gasteiger charge is -2.57. The summed E-state index contributed by atoms with van der Waals surface area (Å²) in [4.78, 5) is 18.5. The van der Waals surface area contributed by atoms with E-state index in [0.29, 0.717) is 30.5 Å². The quantitative estimate of drug-likeness (QED) is 0.636. The van der Waals surface area contributed by atoms with E-state index < -0.39 is 0 Å². The number of benzene rings is 1. The number of carbonyl (C=O) groups is 1. The lowest BCUT2D eigenvalue weighted by molar-refractivity contribution is -0.0725. The fourth-order valence-electron chi connectivity index (χ4n) is 7.13. The third kappa shape index (κ3) is 5.29. The average molecular weight is 483 g/mol. The van der Waals surface area contributed by atoms with Crippen LogP contribution in [-0.2, 0) is 6.54 Å². The topological polar surface area (TPSA) is 49.6 Å². The summed E-state index contributed by atoms with van der Waals surface area (Å²) < 4.78 is 0. The molecular formula is C26H41Cl2N3O. The van der Waals surface area contributed by atoms with Crippen LogP contribution in [0.3, 0.4) is 0 Å². The molecule has 1 aromatic rings. The SMILES string of the molecule is Cl.Cl.NCc1ccc(C(=O)N2C[C@H]3C[C@@H](C2)[C@H](CC2CCCCC2)N2CCCC[C@@H]32)cc1. The molecule has 4 aliphatic rings. The van der Waals surface area contributed by atoms with Gasteiger partial charge in [0.1, 0.15) is 0 Å². The predicted octanol–water partition coefficient (Wildman–Crippen LogP) is 5.27. The number of amides is 1. The zero-order valence-corrected chi connectivity index (χ0v) is 20.9. The van der Waals surface area contributed by atoms with Crippen LogP contribution in [0.5, 0.6) is 0 Å². The fourth-order valence-corrected chi connectivity index (χ4v) is 7.13. The number of likely N-dealkylation sites (tertiary alicyclic amines) is 1. The van der Waals surface area contributed by atoms with Gasteiger partial charge in [-0.05, 0) is 67.7 Å². The molecule has 3 aliphatic heterocycles. The van der Waals surface area contributed by atoms with E-state index in [1.165, 1.54) is 70.8 Å². The molecule has 0 unspecified atom stereocenters. The molecule has 32 heavy (non-hydrogen) atoms. The molecule has 4 atom stereocenters. The van der Waals surface area contributed by atoms with Gasteiger partial charge in [0, 0.05) is 37.3 Å². The van der Waals surface area contributed by atoms with Gasteiger partial charge < -0.3 is 10.6 Å². The van der Waals surface area contributed by atoms with Crippen LogP contribution in [0.4, 0.5) is 0 Å². The first-order chi connectivity index (χ1) is 14.7. The Morgan fingerprint density at radius 2 is 1.59 bits per heavy atom. The van der Waals surface area contributed by atoms with Crippen molar-refractivity contribution in [3.63, 3.8) is 0 Å². The monoisotopic (exact) mass is 481 g/mol. The second-order valence-electron chi connectivity index (χ2n) is 10.5. The summed E-state index contributed by atoms with van der Waals surface area (Å²) in [5.41, 5.74) is 7.66. The van der Waals surface area contributed by atoms with Crippen molar-refractivity contribution < 1.29 is 4.79 Å². The largest absolute Gasteiger partial charge is 0.338 e. The molecule has 1 amide bonds. The molecule has 1 aromatic carbocycles. The van der Waals surface area contributed by atoms with E-state index >= 15 is 0 Å². The lowest BCUT2D eigenvalue weighted by Crippen LogP contribution is -2.64. The van der Waals surface area contributed by atoms with Gasteiger partial charge >= 0.3 is 0 Å². The minimum absolute atomic E-state index is 0. The van der Waals surface area contributed by atoms with Crippen molar-refractivity contribution in [3.8, 4) is 0 Å². The molecule has 0 spiro atoms. The summed E-state index contributed by atoms with van der Waals surface area (Å²) in [7, 11) is 0. The van der Waals surface area contributed by atoms with Crippen LogP contribution in [0.2, 0.25) is 0 Å². The molecule has 2 bridgehead atoms. The zero-order valence-electron chi connectivity index (χ0n) is 19.3. The summed E-state index contributed by atoms with van der Waals surface area (Å²) in [6.07, 6.45) is 13.9. The van der Waals surface area contributed by atoms with Crippen molar-refractivity contribution in [2.24, 2.45) is 23.5 Å². The summed E-state index contributed by atoms with van der Waals surface area (Å²) in [6, 6.07) is 9.37. The predicted molar refractivity (Wildman–Crippen MR) is 136 cm³/mol. The number of nitrogens with two attached hydrogens (primary N) is 1. The van der Waals surface area contributed by atoms with Crippen LogP contribution in [0.25, 0.3) is 0 Å². The Bertz CT molecular complexity index is 737. The van der Waals surface area contributed by atoms with E-state index in [2.05, 4.69) is 9.80 Å². The van der Waals surface area contributed by atoms with Crippen molar-refractivity contribution in [3.05, 3.63) is 35.4 Å². The maximum atomic E-state index is 13.4. The van der Waals surface area contributed by atoms with Gasteiger partial charge in [0.15, 0.2) is 0 Å². The van der Waals surface area contributed by atoms with Crippen LogP contribution in [-0.4, -0.2) is 47.4 Å². The van der Waals surface area contributed by atoms with Gasteiger partial charge in [-0.25, -0.2) is 0 Å². The van der Waals surface area contributed by atoms with Crippen LogP contribution in [0, 0.1) is 17.8 Å². The average Bonchev–Trinajstić information content (AvgIpc) is 2.82. The van der Waals surface area contributed by atoms with E-state index in [9.17, 15) is 4.79 Å². The zero-order chi connectivity index (χ0) is 20.5. The van der Waals surface area contributed by atoms with Gasteiger partial charge in [-0.15, -0.1) is 24.8 Å². The Kier molecular flexibility index (Phi) is 9.32. The van der Waals surface area contributed by atoms with Crippen molar-refractivity contribution >= 4 is 30.7 Å². The number of nitrogens with zero attached hydrogens (tertiary/aromatic N) is 2. The molecule has 3 saturated heterocycles. The van der Waals surface area contributed by atoms with Crippen LogP contribution < -0.4 is 5.73 Å². The number of hydrogen-bond acceptors (Lipinski definition) is 3. The van der Waals surface area contributed by atoms with Gasteiger partial charge in [-0.1, -0.05) is 50.7 Å². The van der Waals surface area contributed by atoms with Crippen molar-refractivity contribution in [2.45, 2.75) is 82.8 Å². The Hall–Kier alpha value is -0.810. The first-order valence-corrected chi connectivity index (χ1v) is 12.6. The molecule has 6 heteroatoms.